The highest BCUT2D eigenvalue weighted by atomic mass is 16.6. The van der Waals surface area contributed by atoms with E-state index in [0.29, 0.717) is 16.7 Å². The van der Waals surface area contributed by atoms with E-state index in [-0.39, 0.29) is 11.3 Å². The lowest BCUT2D eigenvalue weighted by Crippen LogP contribution is -2.23. The second-order valence-electron chi connectivity index (χ2n) is 6.29. The molecular formula is C19H18O5. The Kier molecular flexibility index (Phi) is 4.83. The summed E-state index contributed by atoms with van der Waals surface area (Å²) in [7, 11) is 0. The highest BCUT2D eigenvalue weighted by molar-refractivity contribution is 6.09. The summed E-state index contributed by atoms with van der Waals surface area (Å²) in [6.07, 6.45) is 0. The Morgan fingerprint density at radius 1 is 0.750 bits per heavy atom. The van der Waals surface area contributed by atoms with Gasteiger partial charge in [-0.05, 0) is 45.0 Å². The van der Waals surface area contributed by atoms with E-state index in [1.165, 1.54) is 36.4 Å². The summed E-state index contributed by atoms with van der Waals surface area (Å²) in [4.78, 5) is 35.1. The number of carbonyl (C=O) groups is 3. The largest absolute Gasteiger partial charge is 0.478 e. The van der Waals surface area contributed by atoms with Crippen molar-refractivity contribution in [3.05, 3.63) is 70.8 Å². The van der Waals surface area contributed by atoms with Gasteiger partial charge in [-0.25, -0.2) is 9.59 Å². The number of ether oxygens (including phenoxy) is 1. The number of carboxylic acids is 1. The molecule has 0 aromatic heterocycles. The van der Waals surface area contributed by atoms with Crippen molar-refractivity contribution in [2.24, 2.45) is 0 Å². The zero-order chi connectivity index (χ0) is 17.9. The van der Waals surface area contributed by atoms with Gasteiger partial charge in [0.2, 0.25) is 0 Å². The van der Waals surface area contributed by atoms with Crippen LogP contribution in [-0.4, -0.2) is 28.4 Å². The molecule has 24 heavy (non-hydrogen) atoms. The van der Waals surface area contributed by atoms with E-state index in [9.17, 15) is 14.4 Å². The zero-order valence-electron chi connectivity index (χ0n) is 13.7. The maximum absolute atomic E-state index is 12.4. The number of rotatable bonds is 4. The summed E-state index contributed by atoms with van der Waals surface area (Å²) in [6, 6.07) is 11.9. The molecule has 2 aromatic carbocycles. The molecule has 0 aliphatic heterocycles. The van der Waals surface area contributed by atoms with Crippen molar-refractivity contribution in [2.45, 2.75) is 26.4 Å². The van der Waals surface area contributed by atoms with Crippen LogP contribution in [-0.2, 0) is 4.74 Å². The van der Waals surface area contributed by atoms with Crippen molar-refractivity contribution in [2.75, 3.05) is 0 Å². The number of carbonyl (C=O) groups excluding carboxylic acids is 2. The Labute approximate surface area is 139 Å². The van der Waals surface area contributed by atoms with Crippen molar-refractivity contribution >= 4 is 17.7 Å². The second-order valence-corrected chi connectivity index (χ2v) is 6.29. The number of hydrogen-bond acceptors (Lipinski definition) is 4. The van der Waals surface area contributed by atoms with Crippen molar-refractivity contribution in [1.82, 2.24) is 0 Å². The highest BCUT2D eigenvalue weighted by Gasteiger charge is 2.18. The van der Waals surface area contributed by atoms with Crippen molar-refractivity contribution < 1.29 is 24.2 Å². The van der Waals surface area contributed by atoms with Gasteiger partial charge in [-0.1, -0.05) is 24.3 Å². The lowest BCUT2D eigenvalue weighted by atomic mass is 10.0. The van der Waals surface area contributed by atoms with Gasteiger partial charge in [-0.2, -0.15) is 0 Å². The van der Waals surface area contributed by atoms with Crippen LogP contribution >= 0.6 is 0 Å². The topological polar surface area (TPSA) is 80.7 Å². The first-order valence-electron chi connectivity index (χ1n) is 7.39. The third-order valence-electron chi connectivity index (χ3n) is 3.18. The Bertz CT molecular complexity index is 765. The molecule has 124 valence electrons. The van der Waals surface area contributed by atoms with Crippen LogP contribution in [0.5, 0.6) is 0 Å². The van der Waals surface area contributed by atoms with Crippen LogP contribution in [0.4, 0.5) is 0 Å². The fraction of sp³-hybridized carbons (Fsp3) is 0.211. The standard InChI is InChI=1S/C19H18O5/c1-19(2,3)24-18(23)15-10-6-13(7-11-15)16(20)12-4-8-14(9-5-12)17(21)22/h4-11H,1-3H3,(H,21,22). The van der Waals surface area contributed by atoms with Gasteiger partial charge in [0, 0.05) is 11.1 Å². The molecule has 0 bridgehead atoms. The van der Waals surface area contributed by atoms with E-state index >= 15 is 0 Å². The predicted octanol–water partition coefficient (Wildman–Crippen LogP) is 3.57. The van der Waals surface area contributed by atoms with Crippen molar-refractivity contribution in [1.29, 1.82) is 0 Å². The monoisotopic (exact) mass is 326 g/mol. The zero-order valence-corrected chi connectivity index (χ0v) is 13.7. The van der Waals surface area contributed by atoms with E-state index in [0.717, 1.165) is 0 Å². The Hall–Kier alpha value is -2.95. The number of esters is 1. The van der Waals surface area contributed by atoms with Crippen LogP contribution in [0.3, 0.4) is 0 Å². The fourth-order valence-corrected chi connectivity index (χ4v) is 2.03. The van der Waals surface area contributed by atoms with Crippen molar-refractivity contribution in [3.8, 4) is 0 Å². The van der Waals surface area contributed by atoms with Crippen LogP contribution in [0.2, 0.25) is 0 Å². The molecule has 0 atom stereocenters. The lowest BCUT2D eigenvalue weighted by Gasteiger charge is -2.19. The molecule has 2 aromatic rings. The Morgan fingerprint density at radius 2 is 1.12 bits per heavy atom. The molecule has 0 saturated carbocycles. The summed E-state index contributed by atoms with van der Waals surface area (Å²) in [5.74, 6) is -1.74. The first kappa shape index (κ1) is 17.4. The molecule has 0 saturated heterocycles. The van der Waals surface area contributed by atoms with Gasteiger partial charge in [-0.3, -0.25) is 4.79 Å². The minimum Gasteiger partial charge on any atom is -0.478 e. The lowest BCUT2D eigenvalue weighted by molar-refractivity contribution is 0.00691. The predicted molar refractivity (Wildman–Crippen MR) is 88.4 cm³/mol. The first-order valence-corrected chi connectivity index (χ1v) is 7.39. The third kappa shape index (κ3) is 4.29. The normalized spacial score (nSPS) is 11.0. The van der Waals surface area contributed by atoms with Crippen LogP contribution in [0.1, 0.15) is 57.4 Å². The van der Waals surface area contributed by atoms with Gasteiger partial charge in [0.1, 0.15) is 5.60 Å². The summed E-state index contributed by atoms with van der Waals surface area (Å²) in [5, 5.41) is 8.87. The molecule has 0 fully saturated rings. The van der Waals surface area contributed by atoms with Gasteiger partial charge >= 0.3 is 11.9 Å². The van der Waals surface area contributed by atoms with E-state index in [4.69, 9.17) is 9.84 Å². The highest BCUT2D eigenvalue weighted by Crippen LogP contribution is 2.15. The molecule has 2 rings (SSSR count). The van der Waals surface area contributed by atoms with Gasteiger partial charge < -0.3 is 9.84 Å². The summed E-state index contributed by atoms with van der Waals surface area (Å²) >= 11 is 0. The fourth-order valence-electron chi connectivity index (χ4n) is 2.03. The Morgan fingerprint density at radius 3 is 1.50 bits per heavy atom. The maximum atomic E-state index is 12.4. The molecule has 0 heterocycles. The quantitative estimate of drug-likeness (QED) is 0.686. The molecule has 5 heteroatoms. The van der Waals surface area contributed by atoms with E-state index in [1.807, 2.05) is 0 Å². The Balaban J connectivity index is 2.16. The SMILES string of the molecule is CC(C)(C)OC(=O)c1ccc(C(=O)c2ccc(C(=O)O)cc2)cc1. The average Bonchev–Trinajstić information content (AvgIpc) is 2.53. The van der Waals surface area contributed by atoms with Crippen LogP contribution in [0.25, 0.3) is 0 Å². The maximum Gasteiger partial charge on any atom is 0.338 e. The molecule has 1 N–H and O–H groups in total. The number of aromatic carboxylic acids is 1. The van der Waals surface area contributed by atoms with Gasteiger partial charge in [0.15, 0.2) is 5.78 Å². The second kappa shape index (κ2) is 6.66. The average molecular weight is 326 g/mol. The molecule has 0 aliphatic carbocycles. The minimum absolute atomic E-state index is 0.117. The molecule has 0 spiro atoms. The number of benzene rings is 2. The molecule has 0 amide bonds. The molecular weight excluding hydrogens is 308 g/mol. The van der Waals surface area contributed by atoms with Gasteiger partial charge in [0.25, 0.3) is 0 Å². The van der Waals surface area contributed by atoms with Gasteiger partial charge in [-0.15, -0.1) is 0 Å². The molecule has 0 unspecified atom stereocenters. The molecule has 0 aliphatic rings. The van der Waals surface area contributed by atoms with Crippen LogP contribution in [0.15, 0.2) is 48.5 Å². The summed E-state index contributed by atoms with van der Waals surface area (Å²) in [6.45, 7) is 5.34. The summed E-state index contributed by atoms with van der Waals surface area (Å²) in [5.41, 5.74) is 0.683. The number of hydrogen-bond donors (Lipinski definition) is 1. The van der Waals surface area contributed by atoms with E-state index < -0.39 is 17.5 Å². The van der Waals surface area contributed by atoms with Crippen molar-refractivity contribution in [3.63, 3.8) is 0 Å². The van der Waals surface area contributed by atoms with Gasteiger partial charge in [0.05, 0.1) is 11.1 Å². The van der Waals surface area contributed by atoms with E-state index in [1.54, 1.807) is 32.9 Å². The first-order chi connectivity index (χ1) is 11.2. The van der Waals surface area contributed by atoms with Crippen LogP contribution < -0.4 is 0 Å². The van der Waals surface area contributed by atoms with Crippen LogP contribution in [0, 0.1) is 0 Å². The molecule has 0 radical (unpaired) electrons. The number of ketones is 1. The number of carboxylic acid groups (broad SMARTS) is 1. The third-order valence-corrected chi connectivity index (χ3v) is 3.18. The molecule has 5 nitrogen and oxygen atoms in total. The van der Waals surface area contributed by atoms with E-state index in [2.05, 4.69) is 0 Å². The minimum atomic E-state index is -1.05. The summed E-state index contributed by atoms with van der Waals surface area (Å²) < 4.78 is 5.26. The smallest absolute Gasteiger partial charge is 0.338 e.